The molecular formula is C26H37NO3. The van der Waals surface area contributed by atoms with Crippen LogP contribution < -0.4 is 0 Å². The number of ketones is 1. The topological polar surface area (TPSA) is 46.6 Å². The molecule has 0 bridgehead atoms. The molecule has 4 nitrogen and oxygen atoms in total. The first kappa shape index (κ1) is 21.4. The van der Waals surface area contributed by atoms with Crippen molar-refractivity contribution in [1.29, 1.82) is 0 Å². The van der Waals surface area contributed by atoms with E-state index >= 15 is 0 Å². The highest BCUT2D eigenvalue weighted by Gasteiger charge is 2.57. The molecule has 4 heteroatoms. The van der Waals surface area contributed by atoms with Crippen molar-refractivity contribution in [2.45, 2.75) is 71.8 Å². The van der Waals surface area contributed by atoms with Gasteiger partial charge in [-0.15, -0.1) is 0 Å². The lowest BCUT2D eigenvalue weighted by Crippen LogP contribution is -2.50. The Bertz CT molecular complexity index is 822. The molecular weight excluding hydrogens is 374 g/mol. The normalized spacial score (nSPS) is 40.0. The molecule has 0 aromatic carbocycles. The van der Waals surface area contributed by atoms with Crippen LogP contribution in [-0.4, -0.2) is 36.9 Å². The van der Waals surface area contributed by atoms with E-state index in [1.807, 2.05) is 25.2 Å². The SMILES string of the molecule is CC(=O)O[C@H]1CC[C@@]2(C)C(=CC[C@@H]3[C@@H]2CC[C@]2(C)C(C(=O)/C=C/N(C)C)=CC[C@@H]32)C1. The van der Waals surface area contributed by atoms with Crippen molar-refractivity contribution in [1.82, 2.24) is 4.90 Å². The second-order valence-electron chi connectivity index (χ2n) is 10.7. The van der Waals surface area contributed by atoms with Gasteiger partial charge in [-0.05, 0) is 67.1 Å². The summed E-state index contributed by atoms with van der Waals surface area (Å²) in [5, 5.41) is 0. The predicted octanol–water partition coefficient (Wildman–Crippen LogP) is 5.06. The third-order valence-corrected chi connectivity index (χ3v) is 8.76. The van der Waals surface area contributed by atoms with E-state index in [0.717, 1.165) is 44.1 Å². The maximum atomic E-state index is 13.0. The first-order valence-corrected chi connectivity index (χ1v) is 11.6. The molecule has 0 unspecified atom stereocenters. The van der Waals surface area contributed by atoms with Crippen molar-refractivity contribution >= 4 is 11.8 Å². The first-order valence-electron chi connectivity index (χ1n) is 11.6. The number of esters is 1. The smallest absolute Gasteiger partial charge is 0.302 e. The number of ether oxygens (including phenoxy) is 1. The third kappa shape index (κ3) is 3.46. The van der Waals surface area contributed by atoms with Crippen LogP contribution in [0.25, 0.3) is 0 Å². The second kappa shape index (κ2) is 7.69. The van der Waals surface area contributed by atoms with Crippen LogP contribution in [0.2, 0.25) is 0 Å². The molecule has 0 spiro atoms. The number of rotatable bonds is 4. The largest absolute Gasteiger partial charge is 0.462 e. The van der Waals surface area contributed by atoms with E-state index in [2.05, 4.69) is 26.0 Å². The number of carbonyl (C=O) groups is 2. The monoisotopic (exact) mass is 411 g/mol. The minimum Gasteiger partial charge on any atom is -0.462 e. The van der Waals surface area contributed by atoms with Crippen molar-refractivity contribution in [3.05, 3.63) is 35.6 Å². The number of hydrogen-bond donors (Lipinski definition) is 0. The first-order chi connectivity index (χ1) is 14.1. The van der Waals surface area contributed by atoms with Crippen LogP contribution in [0.15, 0.2) is 35.6 Å². The van der Waals surface area contributed by atoms with Gasteiger partial charge in [-0.2, -0.15) is 0 Å². The van der Waals surface area contributed by atoms with Gasteiger partial charge in [0.2, 0.25) is 0 Å². The summed E-state index contributed by atoms with van der Waals surface area (Å²) in [6, 6.07) is 0. The number of nitrogens with zero attached hydrogens (tertiary/aromatic N) is 1. The molecule has 4 aliphatic carbocycles. The molecule has 0 radical (unpaired) electrons. The minimum absolute atomic E-state index is 0.00551. The van der Waals surface area contributed by atoms with Gasteiger partial charge >= 0.3 is 5.97 Å². The van der Waals surface area contributed by atoms with Gasteiger partial charge < -0.3 is 9.64 Å². The zero-order valence-electron chi connectivity index (χ0n) is 19.2. The lowest BCUT2D eigenvalue weighted by molar-refractivity contribution is -0.148. The van der Waals surface area contributed by atoms with E-state index < -0.39 is 0 Å². The Balaban J connectivity index is 1.54. The zero-order chi connectivity index (χ0) is 21.7. The Kier molecular flexibility index (Phi) is 5.48. The zero-order valence-corrected chi connectivity index (χ0v) is 19.2. The van der Waals surface area contributed by atoms with Gasteiger partial charge in [0, 0.05) is 45.3 Å². The quantitative estimate of drug-likeness (QED) is 0.368. The molecule has 0 N–H and O–H groups in total. The average Bonchev–Trinajstić information content (AvgIpc) is 3.03. The van der Waals surface area contributed by atoms with Crippen LogP contribution in [0, 0.1) is 28.6 Å². The van der Waals surface area contributed by atoms with E-state index in [4.69, 9.17) is 4.74 Å². The van der Waals surface area contributed by atoms with Crippen LogP contribution in [0.1, 0.15) is 65.7 Å². The fourth-order valence-corrected chi connectivity index (χ4v) is 7.22. The molecule has 0 saturated heterocycles. The Morgan fingerprint density at radius 3 is 2.50 bits per heavy atom. The van der Waals surface area contributed by atoms with Gasteiger partial charge in [0.05, 0.1) is 0 Å². The van der Waals surface area contributed by atoms with Crippen LogP contribution in [-0.2, 0) is 14.3 Å². The summed E-state index contributed by atoms with van der Waals surface area (Å²) < 4.78 is 5.55. The van der Waals surface area contributed by atoms with Crippen molar-refractivity contribution < 1.29 is 14.3 Å². The Hall–Kier alpha value is -1.84. The van der Waals surface area contributed by atoms with Crippen molar-refractivity contribution in [3.63, 3.8) is 0 Å². The van der Waals surface area contributed by atoms with E-state index in [0.29, 0.717) is 17.8 Å². The van der Waals surface area contributed by atoms with Gasteiger partial charge in [-0.3, -0.25) is 9.59 Å². The maximum absolute atomic E-state index is 13.0. The van der Waals surface area contributed by atoms with E-state index in [1.165, 1.54) is 18.9 Å². The van der Waals surface area contributed by atoms with Gasteiger partial charge in [0.15, 0.2) is 5.78 Å². The summed E-state index contributed by atoms with van der Waals surface area (Å²) in [4.78, 5) is 26.3. The van der Waals surface area contributed by atoms with E-state index in [1.54, 1.807) is 6.08 Å². The summed E-state index contributed by atoms with van der Waals surface area (Å²) in [7, 11) is 3.90. The summed E-state index contributed by atoms with van der Waals surface area (Å²) in [5.41, 5.74) is 2.79. The molecule has 4 rings (SSSR count). The van der Waals surface area contributed by atoms with Gasteiger partial charge in [-0.25, -0.2) is 0 Å². The lowest BCUT2D eigenvalue weighted by atomic mass is 9.47. The fourth-order valence-electron chi connectivity index (χ4n) is 7.22. The molecule has 4 aliphatic rings. The summed E-state index contributed by atoms with van der Waals surface area (Å²) in [5.74, 6) is 1.90. The highest BCUT2D eigenvalue weighted by atomic mass is 16.5. The van der Waals surface area contributed by atoms with Crippen LogP contribution in [0.5, 0.6) is 0 Å². The second-order valence-corrected chi connectivity index (χ2v) is 10.7. The number of carbonyl (C=O) groups excluding carboxylic acids is 2. The molecule has 0 amide bonds. The number of hydrogen-bond acceptors (Lipinski definition) is 4. The van der Waals surface area contributed by atoms with Crippen LogP contribution in [0.3, 0.4) is 0 Å². The molecule has 6 atom stereocenters. The molecule has 2 fully saturated rings. The molecule has 0 aliphatic heterocycles. The van der Waals surface area contributed by atoms with Crippen molar-refractivity contribution in [3.8, 4) is 0 Å². The van der Waals surface area contributed by atoms with Crippen LogP contribution >= 0.6 is 0 Å². The molecule has 0 heterocycles. The summed E-state index contributed by atoms with van der Waals surface area (Å²) >= 11 is 0. The van der Waals surface area contributed by atoms with E-state index in [-0.39, 0.29) is 28.7 Å². The van der Waals surface area contributed by atoms with Gasteiger partial charge in [0.25, 0.3) is 0 Å². The van der Waals surface area contributed by atoms with E-state index in [9.17, 15) is 9.59 Å². The molecule has 164 valence electrons. The Labute approximate surface area is 181 Å². The molecule has 0 aromatic heterocycles. The van der Waals surface area contributed by atoms with Crippen molar-refractivity contribution in [2.24, 2.45) is 28.6 Å². The van der Waals surface area contributed by atoms with Crippen LogP contribution in [0.4, 0.5) is 0 Å². The van der Waals surface area contributed by atoms with Gasteiger partial charge in [0.1, 0.15) is 6.10 Å². The lowest BCUT2D eigenvalue weighted by Gasteiger charge is -2.57. The fraction of sp³-hybridized carbons (Fsp3) is 0.692. The van der Waals surface area contributed by atoms with Crippen molar-refractivity contribution in [2.75, 3.05) is 14.1 Å². The molecule has 30 heavy (non-hydrogen) atoms. The minimum atomic E-state index is -0.163. The summed E-state index contributed by atoms with van der Waals surface area (Å²) in [6.07, 6.45) is 15.8. The molecule has 2 saturated carbocycles. The number of allylic oxidation sites excluding steroid dienone is 4. The molecule has 0 aromatic rings. The summed E-state index contributed by atoms with van der Waals surface area (Å²) in [6.45, 7) is 6.31. The van der Waals surface area contributed by atoms with Gasteiger partial charge in [-0.1, -0.05) is 31.6 Å². The predicted molar refractivity (Wildman–Crippen MR) is 119 cm³/mol. The maximum Gasteiger partial charge on any atom is 0.302 e. The number of fused-ring (bicyclic) bond motifs is 5. The third-order valence-electron chi connectivity index (χ3n) is 8.76. The average molecular weight is 412 g/mol. The highest BCUT2D eigenvalue weighted by Crippen LogP contribution is 2.65. The Morgan fingerprint density at radius 2 is 1.80 bits per heavy atom. The standard InChI is InChI=1S/C26H37NO3/c1-17(28)30-19-10-13-25(2)18(16-19)6-7-20-21-8-9-23(24(29)12-15-27(4)5)26(21,3)14-11-22(20)25/h6,9,12,15,19-22H,7-8,10-11,13-14,16H2,1-5H3/b15-12+/t19-,20-,21-,22-,25-,26-/m0/s1. The Morgan fingerprint density at radius 1 is 1.07 bits per heavy atom. The highest BCUT2D eigenvalue weighted by molar-refractivity contribution is 6.05.